The molecule has 0 radical (unpaired) electrons. The van der Waals surface area contributed by atoms with Gasteiger partial charge in [0.2, 0.25) is 0 Å². The van der Waals surface area contributed by atoms with E-state index in [0.717, 1.165) is 61.2 Å². The van der Waals surface area contributed by atoms with Gasteiger partial charge in [0.1, 0.15) is 23.0 Å². The fourth-order valence-corrected chi connectivity index (χ4v) is 7.04. The van der Waals surface area contributed by atoms with Crippen LogP contribution in [-0.2, 0) is 0 Å². The third-order valence-electron chi connectivity index (χ3n) is 9.33. The zero-order chi connectivity index (χ0) is 31.6. The Morgan fingerprint density at radius 3 is 2.08 bits per heavy atom. The second kappa shape index (κ2) is 10.6. The molecule has 3 aromatic heterocycles. The number of furan rings is 1. The molecule has 5 aromatic carbocycles. The molecule has 6 nitrogen and oxygen atoms in total. The van der Waals surface area contributed by atoms with Gasteiger partial charge in [-0.15, -0.1) is 0 Å². The van der Waals surface area contributed by atoms with Crippen LogP contribution in [0.15, 0.2) is 150 Å². The van der Waals surface area contributed by atoms with Crippen molar-refractivity contribution in [2.45, 2.75) is 12.0 Å². The molecule has 8 aromatic rings. The highest BCUT2D eigenvalue weighted by Crippen LogP contribution is 2.48. The van der Waals surface area contributed by atoms with Crippen molar-refractivity contribution in [3.63, 3.8) is 0 Å². The van der Waals surface area contributed by atoms with Crippen LogP contribution >= 0.6 is 0 Å². The van der Waals surface area contributed by atoms with E-state index < -0.39 is 0 Å². The Bertz CT molecular complexity index is 2550. The number of pyridine rings is 1. The molecule has 0 spiro atoms. The third kappa shape index (κ3) is 4.27. The molecule has 6 heteroatoms. The van der Waals surface area contributed by atoms with E-state index in [2.05, 4.69) is 72.8 Å². The monoisotopic (exact) mass is 618 g/mol. The molecule has 1 aliphatic heterocycles. The van der Waals surface area contributed by atoms with Crippen LogP contribution in [0.2, 0.25) is 0 Å². The van der Waals surface area contributed by atoms with Gasteiger partial charge in [-0.05, 0) is 46.7 Å². The van der Waals surface area contributed by atoms with E-state index in [9.17, 15) is 0 Å². The maximum absolute atomic E-state index is 6.55. The first-order valence-corrected chi connectivity index (χ1v) is 16.0. The fraction of sp³-hybridized carbons (Fsp3) is 0.0476. The predicted molar refractivity (Wildman–Crippen MR) is 189 cm³/mol. The summed E-state index contributed by atoms with van der Waals surface area (Å²) in [6.45, 7) is 0. The molecule has 10 rings (SSSR count). The lowest BCUT2D eigenvalue weighted by Gasteiger charge is -2.21. The molecule has 2 unspecified atom stereocenters. The first-order valence-electron chi connectivity index (χ1n) is 16.0. The number of hydrogen-bond acceptors (Lipinski definition) is 6. The van der Waals surface area contributed by atoms with E-state index in [1.807, 2.05) is 72.9 Å². The molecule has 0 N–H and O–H groups in total. The molecule has 1 aliphatic carbocycles. The number of hydrogen-bond donors (Lipinski definition) is 0. The van der Waals surface area contributed by atoms with Gasteiger partial charge in [-0.2, -0.15) is 0 Å². The number of nitrogens with zero attached hydrogens (tertiary/aromatic N) is 4. The molecule has 2 atom stereocenters. The second-order valence-electron chi connectivity index (χ2n) is 12.2. The van der Waals surface area contributed by atoms with Crippen LogP contribution in [0.1, 0.15) is 17.4 Å². The summed E-state index contributed by atoms with van der Waals surface area (Å²) in [4.78, 5) is 19.9. The second-order valence-corrected chi connectivity index (χ2v) is 12.2. The number of allylic oxidation sites excluding steroid dienone is 2. The number of benzene rings is 5. The maximum atomic E-state index is 6.55. The lowest BCUT2D eigenvalue weighted by atomic mass is 9.86. The fourth-order valence-electron chi connectivity index (χ4n) is 7.04. The van der Waals surface area contributed by atoms with Crippen molar-refractivity contribution in [2.75, 3.05) is 0 Å². The van der Waals surface area contributed by atoms with Crippen molar-refractivity contribution in [3.05, 3.63) is 157 Å². The van der Waals surface area contributed by atoms with Gasteiger partial charge in [-0.25, -0.2) is 15.0 Å². The zero-order valence-corrected chi connectivity index (χ0v) is 25.6. The number of aromatic nitrogens is 4. The lowest BCUT2D eigenvalue weighted by Crippen LogP contribution is -2.21. The van der Waals surface area contributed by atoms with Crippen LogP contribution in [0, 0.1) is 0 Å². The molecule has 2 aliphatic rings. The minimum Gasteiger partial charge on any atom is -0.483 e. The Kier molecular flexibility index (Phi) is 5.90. The third-order valence-corrected chi connectivity index (χ3v) is 9.33. The van der Waals surface area contributed by atoms with E-state index in [-0.39, 0.29) is 12.0 Å². The lowest BCUT2D eigenvalue weighted by molar-refractivity contribution is 0.271. The van der Waals surface area contributed by atoms with Gasteiger partial charge in [0, 0.05) is 39.2 Å². The SMILES string of the molecule is C1=CC2Oc3cc(-c4ccc5c(c4)oc4ccc6ccccc6c45)cnc3C2C(c2nc(-c3ccccc3)nc(-c3ccccc3)n2)=C1. The molecule has 0 bridgehead atoms. The van der Waals surface area contributed by atoms with Crippen molar-refractivity contribution in [2.24, 2.45) is 0 Å². The van der Waals surface area contributed by atoms with Crippen LogP contribution in [0.4, 0.5) is 0 Å². The summed E-state index contributed by atoms with van der Waals surface area (Å²) in [6, 6.07) is 41.1. The standard InChI is InChI=1S/C42H26N4O2/c1-3-11-26(12-4-1)40-44-41(27-13-5-2-6-14-27)46-42(45-40)32-16-9-17-33-38(32)39-36(48-33)23-29(24-43-39)28-18-20-31-35(22-28)47-34-21-19-25-10-7-8-15-30(25)37(31)34/h1-24,33,38H. The van der Waals surface area contributed by atoms with Crippen LogP contribution in [0.3, 0.4) is 0 Å². The number of ether oxygens (including phenoxy) is 1. The smallest absolute Gasteiger partial charge is 0.164 e. The van der Waals surface area contributed by atoms with Crippen LogP contribution in [0.25, 0.3) is 72.2 Å². The summed E-state index contributed by atoms with van der Waals surface area (Å²) in [5.74, 6) is 2.48. The average Bonchev–Trinajstić information content (AvgIpc) is 3.73. The molecule has 0 amide bonds. The first-order chi connectivity index (χ1) is 23.8. The molecular weight excluding hydrogens is 592 g/mol. The summed E-state index contributed by atoms with van der Waals surface area (Å²) in [7, 11) is 0. The van der Waals surface area contributed by atoms with E-state index in [4.69, 9.17) is 29.1 Å². The van der Waals surface area contributed by atoms with Gasteiger partial charge < -0.3 is 9.15 Å². The topological polar surface area (TPSA) is 73.9 Å². The van der Waals surface area contributed by atoms with Crippen LogP contribution in [-0.4, -0.2) is 26.0 Å². The van der Waals surface area contributed by atoms with E-state index in [0.29, 0.717) is 17.5 Å². The number of rotatable bonds is 4. The molecule has 4 heterocycles. The summed E-state index contributed by atoms with van der Waals surface area (Å²) in [5, 5.41) is 4.64. The average molecular weight is 619 g/mol. The van der Waals surface area contributed by atoms with Gasteiger partial charge in [0.25, 0.3) is 0 Å². The van der Waals surface area contributed by atoms with E-state index in [1.165, 1.54) is 10.8 Å². The van der Waals surface area contributed by atoms with Gasteiger partial charge in [-0.1, -0.05) is 109 Å². The minimum atomic E-state index is -0.217. The molecular formula is C42H26N4O2. The summed E-state index contributed by atoms with van der Waals surface area (Å²) in [6.07, 6.45) is 7.89. The Hall–Kier alpha value is -6.40. The van der Waals surface area contributed by atoms with Crippen LogP contribution in [0.5, 0.6) is 5.75 Å². The highest BCUT2D eigenvalue weighted by molar-refractivity contribution is 6.19. The van der Waals surface area contributed by atoms with Gasteiger partial charge in [0.15, 0.2) is 17.5 Å². The molecule has 0 saturated heterocycles. The summed E-state index contributed by atoms with van der Waals surface area (Å²) in [5.41, 5.74) is 7.41. The Labute approximate surface area is 275 Å². The summed E-state index contributed by atoms with van der Waals surface area (Å²) >= 11 is 0. The van der Waals surface area contributed by atoms with Crippen molar-refractivity contribution in [3.8, 4) is 39.7 Å². The molecule has 48 heavy (non-hydrogen) atoms. The first kappa shape index (κ1) is 26.8. The van der Waals surface area contributed by atoms with Crippen molar-refractivity contribution in [1.82, 2.24) is 19.9 Å². The predicted octanol–water partition coefficient (Wildman–Crippen LogP) is 9.82. The molecule has 0 fully saturated rings. The molecule has 0 saturated carbocycles. The quantitative estimate of drug-likeness (QED) is 0.195. The van der Waals surface area contributed by atoms with E-state index in [1.54, 1.807) is 0 Å². The normalized spacial score (nSPS) is 16.5. The largest absolute Gasteiger partial charge is 0.483 e. The van der Waals surface area contributed by atoms with E-state index >= 15 is 0 Å². The highest BCUT2D eigenvalue weighted by atomic mass is 16.5. The highest BCUT2D eigenvalue weighted by Gasteiger charge is 2.40. The van der Waals surface area contributed by atoms with Crippen molar-refractivity contribution in [1.29, 1.82) is 0 Å². The Morgan fingerprint density at radius 1 is 0.562 bits per heavy atom. The van der Waals surface area contributed by atoms with Gasteiger partial charge >= 0.3 is 0 Å². The van der Waals surface area contributed by atoms with Crippen molar-refractivity contribution >= 4 is 38.3 Å². The summed E-state index contributed by atoms with van der Waals surface area (Å²) < 4.78 is 12.9. The number of fused-ring (bicyclic) bond motifs is 8. The van der Waals surface area contributed by atoms with Crippen LogP contribution < -0.4 is 4.74 Å². The Morgan fingerprint density at radius 2 is 1.29 bits per heavy atom. The Balaban J connectivity index is 1.04. The van der Waals surface area contributed by atoms with Crippen molar-refractivity contribution < 1.29 is 9.15 Å². The van der Waals surface area contributed by atoms with Gasteiger partial charge in [0.05, 0.1) is 11.6 Å². The molecule has 226 valence electrons. The van der Waals surface area contributed by atoms with Gasteiger partial charge in [-0.3, -0.25) is 4.98 Å². The maximum Gasteiger partial charge on any atom is 0.164 e. The zero-order valence-electron chi connectivity index (χ0n) is 25.6. The minimum absolute atomic E-state index is 0.153.